The fourth-order valence-electron chi connectivity index (χ4n) is 7.66. The maximum Gasteiger partial charge on any atom is 0.198 e. The summed E-state index contributed by atoms with van der Waals surface area (Å²) in [6, 6.07) is 7.37. The third kappa shape index (κ3) is 5.95. The van der Waals surface area contributed by atoms with Gasteiger partial charge in [-0.3, -0.25) is 9.59 Å². The summed E-state index contributed by atoms with van der Waals surface area (Å²) >= 11 is 0. The van der Waals surface area contributed by atoms with E-state index >= 15 is 0 Å². The minimum atomic E-state index is -1.04. The third-order valence-corrected chi connectivity index (χ3v) is 10.4. The summed E-state index contributed by atoms with van der Waals surface area (Å²) in [6.07, 6.45) is -6.85. The number of phenols is 3. The zero-order chi connectivity index (χ0) is 35.8. The summed E-state index contributed by atoms with van der Waals surface area (Å²) in [7, 11) is 0. The van der Waals surface area contributed by atoms with E-state index in [0.717, 1.165) is 0 Å². The van der Waals surface area contributed by atoms with Gasteiger partial charge in [0.05, 0.1) is 53.9 Å². The van der Waals surface area contributed by atoms with Crippen LogP contribution in [-0.4, -0.2) is 104 Å². The molecule has 0 bridgehead atoms. The Bertz CT molecular complexity index is 1830. The number of ether oxygens (including phenoxy) is 5. The Kier molecular flexibility index (Phi) is 9.14. The molecule has 50 heavy (non-hydrogen) atoms. The van der Waals surface area contributed by atoms with E-state index in [1.165, 1.54) is 24.3 Å². The van der Waals surface area contributed by atoms with Gasteiger partial charge in [0.25, 0.3) is 0 Å². The molecule has 13 nitrogen and oxygen atoms in total. The van der Waals surface area contributed by atoms with E-state index < -0.39 is 84.5 Å². The number of carbonyl (C=O) groups is 2. The molecule has 3 aromatic rings. The Morgan fingerprint density at radius 3 is 2.06 bits per heavy atom. The van der Waals surface area contributed by atoms with Crippen molar-refractivity contribution in [3.05, 3.63) is 63.7 Å². The second kappa shape index (κ2) is 13.1. The third-order valence-electron chi connectivity index (χ3n) is 10.4. The quantitative estimate of drug-likeness (QED) is 0.178. The second-order valence-electron chi connectivity index (χ2n) is 13.9. The molecule has 0 aromatic heterocycles. The average molecular weight is 695 g/mol. The van der Waals surface area contributed by atoms with Crippen LogP contribution in [0.15, 0.2) is 30.3 Å². The summed E-state index contributed by atoms with van der Waals surface area (Å²) in [5, 5.41) is 64.7. The fraction of sp³-hybridized carbons (Fsp3) is 0.514. The molecule has 0 amide bonds. The van der Waals surface area contributed by atoms with Gasteiger partial charge in [0, 0.05) is 46.7 Å². The summed E-state index contributed by atoms with van der Waals surface area (Å²) < 4.78 is 30.3. The summed E-state index contributed by atoms with van der Waals surface area (Å²) in [5.41, 5.74) is 0.231. The van der Waals surface area contributed by atoms with Crippen LogP contribution in [-0.2, 0) is 23.7 Å². The number of rotatable bonds is 5. The van der Waals surface area contributed by atoms with Crippen LogP contribution < -0.4 is 0 Å². The van der Waals surface area contributed by atoms with Gasteiger partial charge in [0.2, 0.25) is 0 Å². The minimum absolute atomic E-state index is 0.0768. The average Bonchev–Trinajstić information content (AvgIpc) is 3.06. The molecule has 3 aliphatic heterocycles. The normalized spacial score (nSPS) is 34.4. The molecule has 6 N–H and O–H groups in total. The number of fused-ring (bicyclic) bond motifs is 3. The summed E-state index contributed by atoms with van der Waals surface area (Å²) in [5.74, 6) is -2.37. The first-order valence-corrected chi connectivity index (χ1v) is 17.0. The first-order valence-electron chi connectivity index (χ1n) is 17.0. The Hall–Kier alpha value is -3.66. The zero-order valence-electron chi connectivity index (χ0n) is 28.1. The van der Waals surface area contributed by atoms with Crippen molar-refractivity contribution in [1.82, 2.24) is 0 Å². The van der Waals surface area contributed by atoms with Gasteiger partial charge in [-0.15, -0.1) is 0 Å². The number of carbonyl (C=O) groups excluding carboxylic acids is 2. The van der Waals surface area contributed by atoms with E-state index in [1.54, 1.807) is 26.8 Å². The lowest BCUT2D eigenvalue weighted by Gasteiger charge is -2.43. The van der Waals surface area contributed by atoms with E-state index in [9.17, 15) is 40.2 Å². The van der Waals surface area contributed by atoms with E-state index in [4.69, 9.17) is 23.7 Å². The van der Waals surface area contributed by atoms with Gasteiger partial charge >= 0.3 is 0 Å². The minimum Gasteiger partial charge on any atom is -0.507 e. The molecule has 0 saturated carbocycles. The molecule has 3 heterocycles. The number of phenolic OH excluding ortho intramolecular Hbond substituents is 3. The lowest BCUT2D eigenvalue weighted by molar-refractivity contribution is -0.306. The van der Waals surface area contributed by atoms with Crippen LogP contribution in [0.3, 0.4) is 0 Å². The van der Waals surface area contributed by atoms with Crippen molar-refractivity contribution < 1.29 is 63.9 Å². The van der Waals surface area contributed by atoms with Gasteiger partial charge in [-0.25, -0.2) is 0 Å². The van der Waals surface area contributed by atoms with Crippen molar-refractivity contribution in [3.63, 3.8) is 0 Å². The number of aryl methyl sites for hydroxylation is 1. The molecule has 3 aromatic carbocycles. The number of aliphatic hydroxyl groups excluding tert-OH is 3. The number of ketones is 2. The SMILES string of the molecule is Cc1cc(O)c2cc3c(c(O)c2c1)C(=O)c1ccc(C2CC(OC4CCC(OC5CC(O)C(O)C(C)O5)C(C)O4)C(O)C(C)O2)c(O)c1C3=O. The van der Waals surface area contributed by atoms with Crippen molar-refractivity contribution >= 4 is 22.3 Å². The smallest absolute Gasteiger partial charge is 0.198 e. The van der Waals surface area contributed by atoms with Crippen LogP contribution >= 0.6 is 0 Å². The zero-order valence-corrected chi connectivity index (χ0v) is 28.1. The number of hydrogen-bond donors (Lipinski definition) is 6. The highest BCUT2D eigenvalue weighted by Crippen LogP contribution is 2.46. The molecule has 1 aliphatic carbocycles. The Balaban J connectivity index is 1.08. The van der Waals surface area contributed by atoms with E-state index in [-0.39, 0.29) is 63.3 Å². The largest absolute Gasteiger partial charge is 0.507 e. The van der Waals surface area contributed by atoms with E-state index in [1.807, 2.05) is 6.92 Å². The van der Waals surface area contributed by atoms with E-state index in [0.29, 0.717) is 18.4 Å². The Morgan fingerprint density at radius 2 is 1.34 bits per heavy atom. The molecule has 7 rings (SSSR count). The maximum absolute atomic E-state index is 13.9. The van der Waals surface area contributed by atoms with Crippen molar-refractivity contribution in [3.8, 4) is 17.2 Å². The van der Waals surface area contributed by atoms with Crippen molar-refractivity contribution in [2.75, 3.05) is 0 Å². The molecule has 4 aliphatic rings. The first-order chi connectivity index (χ1) is 23.7. The monoisotopic (exact) mass is 694 g/mol. The standard InChI is InChI=1S/C37H42O13/c1-14-9-21-20(23(38)10-14)11-22-31(36(21)44)35(43)19-6-5-18(34(42)30(19)37(22)45)26-13-27(33(41)17(4)46-26)50-28-8-7-25(15(2)47-28)49-29-12-24(39)32(40)16(3)48-29/h5-6,9-11,15-17,24-29,32-33,38-42,44H,7-8,12-13H2,1-4H3. The Labute approximate surface area is 287 Å². The number of aliphatic hydroxyl groups is 3. The van der Waals surface area contributed by atoms with Crippen molar-refractivity contribution in [2.45, 2.75) is 121 Å². The molecule has 11 unspecified atom stereocenters. The van der Waals surface area contributed by atoms with Crippen molar-refractivity contribution in [2.24, 2.45) is 0 Å². The lowest BCUT2D eigenvalue weighted by Crippen LogP contribution is -2.51. The van der Waals surface area contributed by atoms with Gasteiger partial charge in [-0.05, 0) is 63.9 Å². The Morgan fingerprint density at radius 1 is 0.680 bits per heavy atom. The predicted molar refractivity (Wildman–Crippen MR) is 175 cm³/mol. The number of hydrogen-bond acceptors (Lipinski definition) is 13. The molecule has 0 spiro atoms. The molecule has 268 valence electrons. The highest BCUT2D eigenvalue weighted by atomic mass is 16.7. The summed E-state index contributed by atoms with van der Waals surface area (Å²) in [6.45, 7) is 6.89. The van der Waals surface area contributed by atoms with Gasteiger partial charge in [0.1, 0.15) is 29.5 Å². The fourth-order valence-corrected chi connectivity index (χ4v) is 7.66. The second-order valence-corrected chi connectivity index (χ2v) is 13.9. The van der Waals surface area contributed by atoms with Crippen molar-refractivity contribution in [1.29, 1.82) is 0 Å². The van der Waals surface area contributed by atoms with Crippen LogP contribution in [0.2, 0.25) is 0 Å². The van der Waals surface area contributed by atoms with Crippen LogP contribution in [0.5, 0.6) is 17.2 Å². The van der Waals surface area contributed by atoms with Crippen LogP contribution in [0, 0.1) is 6.92 Å². The van der Waals surface area contributed by atoms with Crippen LogP contribution in [0.1, 0.15) is 95.5 Å². The topological polar surface area (TPSA) is 202 Å². The molecular formula is C37H42O13. The summed E-state index contributed by atoms with van der Waals surface area (Å²) in [4.78, 5) is 27.6. The molecule has 0 radical (unpaired) electrons. The molecule has 3 saturated heterocycles. The molecule has 11 atom stereocenters. The van der Waals surface area contributed by atoms with Crippen LogP contribution in [0.25, 0.3) is 10.8 Å². The maximum atomic E-state index is 13.9. The predicted octanol–water partition coefficient (Wildman–Crippen LogP) is 3.40. The highest BCUT2D eigenvalue weighted by molar-refractivity contribution is 6.32. The van der Waals surface area contributed by atoms with Gasteiger partial charge in [-0.2, -0.15) is 0 Å². The van der Waals surface area contributed by atoms with Crippen LogP contribution in [0.4, 0.5) is 0 Å². The number of benzene rings is 3. The van der Waals surface area contributed by atoms with Gasteiger partial charge < -0.3 is 54.3 Å². The molecule has 3 fully saturated rings. The molecular weight excluding hydrogens is 652 g/mol. The molecule has 13 heteroatoms. The van der Waals surface area contributed by atoms with E-state index in [2.05, 4.69) is 0 Å². The highest BCUT2D eigenvalue weighted by Gasteiger charge is 2.44. The number of aromatic hydroxyl groups is 3. The van der Waals surface area contributed by atoms with Gasteiger partial charge in [-0.1, -0.05) is 6.07 Å². The lowest BCUT2D eigenvalue weighted by atomic mass is 9.79. The van der Waals surface area contributed by atoms with Gasteiger partial charge in [0.15, 0.2) is 24.1 Å². The first kappa shape index (κ1) is 34.8.